The number of hydrogen-bond donors (Lipinski definition) is 0. The van der Waals surface area contributed by atoms with Crippen LogP contribution in [0.2, 0.25) is 0 Å². The van der Waals surface area contributed by atoms with Crippen LogP contribution >= 0.6 is 15.9 Å². The average Bonchev–Trinajstić information content (AvgIpc) is 2.41. The second kappa shape index (κ2) is 9.24. The van der Waals surface area contributed by atoms with Crippen molar-refractivity contribution in [3.05, 3.63) is 23.8 Å². The van der Waals surface area contributed by atoms with Gasteiger partial charge in [0.2, 0.25) is 0 Å². The van der Waals surface area contributed by atoms with Gasteiger partial charge in [0.15, 0.2) is 11.5 Å². The van der Waals surface area contributed by atoms with Gasteiger partial charge in [0.25, 0.3) is 0 Å². The fourth-order valence-electron chi connectivity index (χ4n) is 2.00. The highest BCUT2D eigenvalue weighted by molar-refractivity contribution is 9.09. The van der Waals surface area contributed by atoms with Crippen LogP contribution in [0.15, 0.2) is 18.2 Å². The fraction of sp³-hybridized carbons (Fsp3) is 0.625. The van der Waals surface area contributed by atoms with Crippen LogP contribution in [-0.4, -0.2) is 13.2 Å². The molecule has 1 rings (SSSR count). The zero-order chi connectivity index (χ0) is 14.1. The van der Waals surface area contributed by atoms with Crippen molar-refractivity contribution in [2.75, 3.05) is 13.2 Å². The summed E-state index contributed by atoms with van der Waals surface area (Å²) in [6, 6.07) is 6.23. The first-order chi connectivity index (χ1) is 9.22. The molecule has 0 N–H and O–H groups in total. The van der Waals surface area contributed by atoms with E-state index in [4.69, 9.17) is 9.47 Å². The first-order valence-corrected chi connectivity index (χ1v) is 8.18. The summed E-state index contributed by atoms with van der Waals surface area (Å²) >= 11 is 3.77. The molecule has 2 nitrogen and oxygen atoms in total. The SMILES string of the molecule is CCCCCC(Br)c1ccc(OCC)c(OCC)c1. The average molecular weight is 329 g/mol. The minimum Gasteiger partial charge on any atom is -0.490 e. The number of rotatable bonds is 9. The standard InChI is InChI=1S/C16H25BrO2/c1-4-7-8-9-14(17)13-10-11-15(18-5-2)16(12-13)19-6-3/h10-12,14H,4-9H2,1-3H3. The molecule has 0 amide bonds. The first-order valence-electron chi connectivity index (χ1n) is 7.26. The second-order valence-electron chi connectivity index (χ2n) is 4.54. The highest BCUT2D eigenvalue weighted by Gasteiger charge is 2.11. The molecule has 0 radical (unpaired) electrons. The Labute approximate surface area is 125 Å². The lowest BCUT2D eigenvalue weighted by Crippen LogP contribution is -2.00. The van der Waals surface area contributed by atoms with Crippen LogP contribution in [0.4, 0.5) is 0 Å². The number of ether oxygens (including phenoxy) is 2. The maximum atomic E-state index is 5.66. The molecular formula is C16H25BrO2. The van der Waals surface area contributed by atoms with Crippen molar-refractivity contribution in [3.8, 4) is 11.5 Å². The van der Waals surface area contributed by atoms with Gasteiger partial charge in [-0.2, -0.15) is 0 Å². The minimum absolute atomic E-state index is 0.397. The van der Waals surface area contributed by atoms with E-state index in [2.05, 4.69) is 35.0 Å². The normalized spacial score (nSPS) is 12.2. The van der Waals surface area contributed by atoms with Crippen molar-refractivity contribution in [2.24, 2.45) is 0 Å². The van der Waals surface area contributed by atoms with Crippen LogP contribution in [-0.2, 0) is 0 Å². The first kappa shape index (κ1) is 16.4. The van der Waals surface area contributed by atoms with Crippen LogP contribution < -0.4 is 9.47 Å². The molecule has 1 aromatic rings. The molecule has 0 aliphatic carbocycles. The zero-order valence-electron chi connectivity index (χ0n) is 12.2. The summed E-state index contributed by atoms with van der Waals surface area (Å²) in [7, 11) is 0. The van der Waals surface area contributed by atoms with Gasteiger partial charge in [-0.25, -0.2) is 0 Å². The number of alkyl halides is 1. The molecule has 0 aliphatic rings. The molecule has 0 fully saturated rings. The van der Waals surface area contributed by atoms with E-state index in [9.17, 15) is 0 Å². The van der Waals surface area contributed by atoms with Crippen LogP contribution in [0.5, 0.6) is 11.5 Å². The molecule has 1 unspecified atom stereocenters. The molecule has 1 aromatic carbocycles. The van der Waals surface area contributed by atoms with Crippen molar-refractivity contribution in [3.63, 3.8) is 0 Å². The van der Waals surface area contributed by atoms with Crippen LogP contribution in [0.3, 0.4) is 0 Å². The van der Waals surface area contributed by atoms with Crippen molar-refractivity contribution >= 4 is 15.9 Å². The smallest absolute Gasteiger partial charge is 0.161 e. The minimum atomic E-state index is 0.397. The van der Waals surface area contributed by atoms with Gasteiger partial charge in [0, 0.05) is 4.83 Å². The number of unbranched alkanes of at least 4 members (excludes halogenated alkanes) is 2. The van der Waals surface area contributed by atoms with Crippen LogP contribution in [0.25, 0.3) is 0 Å². The van der Waals surface area contributed by atoms with Gasteiger partial charge in [-0.15, -0.1) is 0 Å². The summed E-state index contributed by atoms with van der Waals surface area (Å²) < 4.78 is 11.2. The topological polar surface area (TPSA) is 18.5 Å². The third-order valence-electron chi connectivity index (χ3n) is 2.99. The maximum absolute atomic E-state index is 5.66. The Kier molecular flexibility index (Phi) is 7.96. The molecule has 0 aromatic heterocycles. The molecule has 19 heavy (non-hydrogen) atoms. The van der Waals surface area contributed by atoms with Gasteiger partial charge in [0.05, 0.1) is 13.2 Å². The molecule has 1 atom stereocenters. The van der Waals surface area contributed by atoms with Crippen molar-refractivity contribution in [1.82, 2.24) is 0 Å². The Balaban J connectivity index is 2.75. The van der Waals surface area contributed by atoms with Crippen LogP contribution in [0.1, 0.15) is 56.8 Å². The maximum Gasteiger partial charge on any atom is 0.161 e. The molecule has 108 valence electrons. The van der Waals surface area contributed by atoms with Gasteiger partial charge >= 0.3 is 0 Å². The van der Waals surface area contributed by atoms with Crippen molar-refractivity contribution in [1.29, 1.82) is 0 Å². The monoisotopic (exact) mass is 328 g/mol. The van der Waals surface area contributed by atoms with E-state index in [1.54, 1.807) is 0 Å². The molecule has 0 saturated carbocycles. The Hall–Kier alpha value is -0.700. The molecule has 3 heteroatoms. The Morgan fingerprint density at radius 3 is 2.32 bits per heavy atom. The van der Waals surface area contributed by atoms with Crippen molar-refractivity contribution < 1.29 is 9.47 Å². The molecule has 0 aliphatic heterocycles. The van der Waals surface area contributed by atoms with Gasteiger partial charge in [-0.05, 0) is 38.0 Å². The Morgan fingerprint density at radius 2 is 1.68 bits per heavy atom. The lowest BCUT2D eigenvalue weighted by atomic mass is 10.1. The third kappa shape index (κ3) is 5.43. The highest BCUT2D eigenvalue weighted by atomic mass is 79.9. The van der Waals surface area contributed by atoms with E-state index in [1.807, 2.05) is 19.9 Å². The van der Waals surface area contributed by atoms with E-state index in [0.29, 0.717) is 18.0 Å². The summed E-state index contributed by atoms with van der Waals surface area (Å²) in [6.07, 6.45) is 4.96. The molecule has 0 bridgehead atoms. The number of hydrogen-bond acceptors (Lipinski definition) is 2. The van der Waals surface area contributed by atoms with Gasteiger partial charge in [0.1, 0.15) is 0 Å². The third-order valence-corrected chi connectivity index (χ3v) is 3.98. The van der Waals surface area contributed by atoms with Gasteiger partial charge < -0.3 is 9.47 Å². The van der Waals surface area contributed by atoms with E-state index in [1.165, 1.54) is 24.8 Å². The van der Waals surface area contributed by atoms with Gasteiger partial charge in [-0.1, -0.05) is 48.2 Å². The zero-order valence-corrected chi connectivity index (χ0v) is 13.8. The lowest BCUT2D eigenvalue weighted by molar-refractivity contribution is 0.287. The van der Waals surface area contributed by atoms with Crippen LogP contribution in [0, 0.1) is 0 Å². The predicted octanol–water partition coefficient (Wildman–Crippen LogP) is 5.50. The predicted molar refractivity (Wildman–Crippen MR) is 84.6 cm³/mol. The molecular weight excluding hydrogens is 304 g/mol. The Bertz CT molecular complexity index is 366. The lowest BCUT2D eigenvalue weighted by Gasteiger charge is -2.15. The van der Waals surface area contributed by atoms with E-state index >= 15 is 0 Å². The largest absolute Gasteiger partial charge is 0.490 e. The Morgan fingerprint density at radius 1 is 1.00 bits per heavy atom. The van der Waals surface area contributed by atoms with Crippen molar-refractivity contribution in [2.45, 2.75) is 51.3 Å². The van der Waals surface area contributed by atoms with E-state index < -0.39 is 0 Å². The fourth-order valence-corrected chi connectivity index (χ4v) is 2.61. The quantitative estimate of drug-likeness (QED) is 0.440. The van der Waals surface area contributed by atoms with E-state index in [-0.39, 0.29) is 0 Å². The summed E-state index contributed by atoms with van der Waals surface area (Å²) in [4.78, 5) is 0.397. The van der Waals surface area contributed by atoms with E-state index in [0.717, 1.165) is 17.9 Å². The summed E-state index contributed by atoms with van der Waals surface area (Å²) in [5.74, 6) is 1.68. The molecule has 0 saturated heterocycles. The summed E-state index contributed by atoms with van der Waals surface area (Å²) in [5.41, 5.74) is 1.27. The second-order valence-corrected chi connectivity index (χ2v) is 5.64. The highest BCUT2D eigenvalue weighted by Crippen LogP contribution is 2.35. The number of halogens is 1. The summed E-state index contributed by atoms with van der Waals surface area (Å²) in [6.45, 7) is 7.53. The molecule has 0 heterocycles. The molecule has 0 spiro atoms. The van der Waals surface area contributed by atoms with Gasteiger partial charge in [-0.3, -0.25) is 0 Å². The number of benzene rings is 1. The summed E-state index contributed by atoms with van der Waals surface area (Å²) in [5, 5.41) is 0.